The van der Waals surface area contributed by atoms with Crippen molar-refractivity contribution in [2.75, 3.05) is 19.7 Å². The molecular weight excluding hydrogens is 437 g/mol. The summed E-state index contributed by atoms with van der Waals surface area (Å²) in [6.07, 6.45) is 1.49. The number of nitrogens with zero attached hydrogens (tertiary/aromatic N) is 2. The number of piperidine rings is 1. The van der Waals surface area contributed by atoms with E-state index < -0.39 is 17.6 Å². The van der Waals surface area contributed by atoms with Crippen molar-refractivity contribution < 1.29 is 23.5 Å². The number of halogens is 1. The highest BCUT2D eigenvalue weighted by molar-refractivity contribution is 5.98. The number of likely N-dealkylation sites (tertiary alicyclic amines) is 1. The lowest BCUT2D eigenvalue weighted by Crippen LogP contribution is -2.60. The highest BCUT2D eigenvalue weighted by Gasteiger charge is 2.54. The third kappa shape index (κ3) is 4.68. The van der Waals surface area contributed by atoms with E-state index in [0.717, 1.165) is 6.42 Å². The van der Waals surface area contributed by atoms with E-state index in [1.54, 1.807) is 40.1 Å². The van der Waals surface area contributed by atoms with Crippen molar-refractivity contribution in [3.63, 3.8) is 0 Å². The average Bonchev–Trinajstić information content (AvgIpc) is 3.22. The molecule has 2 fully saturated rings. The summed E-state index contributed by atoms with van der Waals surface area (Å²) in [7, 11) is 0. The van der Waals surface area contributed by atoms with Crippen molar-refractivity contribution in [1.82, 2.24) is 15.1 Å². The normalized spacial score (nSPS) is 20.3. The number of amides is 3. The van der Waals surface area contributed by atoms with Gasteiger partial charge < -0.3 is 15.0 Å². The van der Waals surface area contributed by atoms with Crippen molar-refractivity contribution in [3.05, 3.63) is 71.5 Å². The van der Waals surface area contributed by atoms with Crippen LogP contribution in [0.3, 0.4) is 0 Å². The number of nitrogens with one attached hydrogen (secondary N) is 1. The second-order valence-electron chi connectivity index (χ2n) is 8.93. The lowest BCUT2D eigenvalue weighted by Gasteiger charge is -2.44. The quantitative estimate of drug-likeness (QED) is 0.733. The van der Waals surface area contributed by atoms with E-state index in [-0.39, 0.29) is 35.9 Å². The van der Waals surface area contributed by atoms with E-state index in [0.29, 0.717) is 31.5 Å². The van der Waals surface area contributed by atoms with Crippen LogP contribution in [-0.4, -0.2) is 65.0 Å². The van der Waals surface area contributed by atoms with E-state index >= 15 is 0 Å². The van der Waals surface area contributed by atoms with Crippen molar-refractivity contribution in [2.24, 2.45) is 0 Å². The second-order valence-corrected chi connectivity index (χ2v) is 8.93. The molecule has 180 valence electrons. The highest BCUT2D eigenvalue weighted by atomic mass is 19.1. The van der Waals surface area contributed by atoms with Crippen LogP contribution in [0.5, 0.6) is 0 Å². The summed E-state index contributed by atoms with van der Waals surface area (Å²) >= 11 is 0. The van der Waals surface area contributed by atoms with Crippen molar-refractivity contribution >= 4 is 17.7 Å². The molecule has 2 saturated heterocycles. The molecule has 2 atom stereocenters. The van der Waals surface area contributed by atoms with Gasteiger partial charge in [-0.3, -0.25) is 19.3 Å². The SMILES string of the molecule is CC[C@@H](C)NC(=O)[C@H]1COC2(CCN(C(=O)c3cccc(F)c3)CC2)N1C(=O)c1ccccc1. The predicted octanol–water partition coefficient (Wildman–Crippen LogP) is 3.21. The van der Waals surface area contributed by atoms with Gasteiger partial charge in [-0.2, -0.15) is 0 Å². The molecular formula is C26H30FN3O4. The Bertz CT molecular complexity index is 1050. The van der Waals surface area contributed by atoms with Gasteiger partial charge in [0.15, 0.2) is 0 Å². The number of hydrogen-bond acceptors (Lipinski definition) is 4. The molecule has 7 nitrogen and oxygen atoms in total. The Morgan fingerprint density at radius 2 is 1.74 bits per heavy atom. The molecule has 0 unspecified atom stereocenters. The first-order chi connectivity index (χ1) is 16.3. The molecule has 1 spiro atoms. The molecule has 2 aliphatic rings. The zero-order valence-electron chi connectivity index (χ0n) is 19.5. The van der Waals surface area contributed by atoms with Gasteiger partial charge in [-0.05, 0) is 43.7 Å². The fourth-order valence-electron chi connectivity index (χ4n) is 4.59. The van der Waals surface area contributed by atoms with Gasteiger partial charge >= 0.3 is 0 Å². The van der Waals surface area contributed by atoms with Crippen molar-refractivity contribution in [1.29, 1.82) is 0 Å². The lowest BCUT2D eigenvalue weighted by molar-refractivity contribution is -0.128. The van der Waals surface area contributed by atoms with E-state index in [4.69, 9.17) is 4.74 Å². The van der Waals surface area contributed by atoms with Crippen LogP contribution >= 0.6 is 0 Å². The van der Waals surface area contributed by atoms with Gasteiger partial charge in [0.2, 0.25) is 5.91 Å². The molecule has 0 aliphatic carbocycles. The number of carbonyl (C=O) groups excluding carboxylic acids is 3. The number of hydrogen-bond donors (Lipinski definition) is 1. The van der Waals surface area contributed by atoms with Crippen LogP contribution in [0.1, 0.15) is 53.8 Å². The number of carbonyl (C=O) groups is 3. The van der Waals surface area contributed by atoms with Gasteiger partial charge in [0.25, 0.3) is 11.8 Å². The molecule has 2 aromatic rings. The van der Waals surface area contributed by atoms with Crippen LogP contribution in [0.25, 0.3) is 0 Å². The molecule has 2 aliphatic heterocycles. The van der Waals surface area contributed by atoms with E-state index in [9.17, 15) is 18.8 Å². The minimum atomic E-state index is -0.983. The van der Waals surface area contributed by atoms with Gasteiger partial charge in [-0.1, -0.05) is 31.2 Å². The van der Waals surface area contributed by atoms with E-state index in [1.165, 1.54) is 18.2 Å². The molecule has 8 heteroatoms. The maximum absolute atomic E-state index is 13.6. The zero-order chi connectivity index (χ0) is 24.3. The second kappa shape index (κ2) is 9.93. The Morgan fingerprint density at radius 3 is 2.38 bits per heavy atom. The smallest absolute Gasteiger partial charge is 0.256 e. The summed E-state index contributed by atoms with van der Waals surface area (Å²) in [4.78, 5) is 42.8. The fourth-order valence-corrected chi connectivity index (χ4v) is 4.59. The minimum Gasteiger partial charge on any atom is -0.353 e. The lowest BCUT2D eigenvalue weighted by atomic mass is 9.96. The first-order valence-corrected chi connectivity index (χ1v) is 11.7. The third-order valence-electron chi connectivity index (χ3n) is 6.71. The standard InChI is InChI=1S/C26H30FN3O4/c1-3-18(2)28-23(31)22-17-34-26(30(22)25(33)19-8-5-4-6-9-19)12-14-29(15-13-26)24(32)20-10-7-11-21(27)16-20/h4-11,16,18,22H,3,12-15,17H2,1-2H3,(H,28,31)/t18-,22-/m1/s1. The van der Waals surface area contributed by atoms with E-state index in [2.05, 4.69) is 5.32 Å². The third-order valence-corrected chi connectivity index (χ3v) is 6.71. The zero-order valence-corrected chi connectivity index (χ0v) is 19.5. The summed E-state index contributed by atoms with van der Waals surface area (Å²) in [5, 5.41) is 2.97. The Balaban J connectivity index is 1.56. The maximum atomic E-state index is 13.6. The summed E-state index contributed by atoms with van der Waals surface area (Å²) in [5.41, 5.74) is -0.221. The number of benzene rings is 2. The Kier molecular flexibility index (Phi) is 6.97. The monoisotopic (exact) mass is 467 g/mol. The predicted molar refractivity (Wildman–Crippen MR) is 125 cm³/mol. The van der Waals surface area contributed by atoms with Crippen LogP contribution in [0.15, 0.2) is 54.6 Å². The molecule has 2 heterocycles. The summed E-state index contributed by atoms with van der Waals surface area (Å²) in [6, 6.07) is 13.7. The molecule has 0 aromatic heterocycles. The molecule has 1 N–H and O–H groups in total. The summed E-state index contributed by atoms with van der Waals surface area (Å²) < 4.78 is 19.8. The molecule has 4 rings (SSSR count). The minimum absolute atomic E-state index is 0.0246. The summed E-state index contributed by atoms with van der Waals surface area (Å²) in [6.45, 7) is 4.65. The van der Waals surface area contributed by atoms with Crippen molar-refractivity contribution in [3.8, 4) is 0 Å². The summed E-state index contributed by atoms with van der Waals surface area (Å²) in [5.74, 6) is -1.24. The molecule has 2 aromatic carbocycles. The first kappa shape index (κ1) is 23.9. The molecule has 0 radical (unpaired) electrons. The van der Waals surface area contributed by atoms with Crippen LogP contribution in [0.4, 0.5) is 4.39 Å². The average molecular weight is 468 g/mol. The van der Waals surface area contributed by atoms with Crippen molar-refractivity contribution in [2.45, 2.75) is 50.9 Å². The molecule has 34 heavy (non-hydrogen) atoms. The Hall–Kier alpha value is -3.26. The van der Waals surface area contributed by atoms with Crippen LogP contribution in [0.2, 0.25) is 0 Å². The van der Waals surface area contributed by atoms with E-state index in [1.807, 2.05) is 19.9 Å². The highest BCUT2D eigenvalue weighted by Crippen LogP contribution is 2.39. The largest absolute Gasteiger partial charge is 0.353 e. The fraction of sp³-hybridized carbons (Fsp3) is 0.423. The topological polar surface area (TPSA) is 79.0 Å². The van der Waals surface area contributed by atoms with Gasteiger partial charge in [0.1, 0.15) is 17.6 Å². The maximum Gasteiger partial charge on any atom is 0.256 e. The molecule has 3 amide bonds. The molecule has 0 saturated carbocycles. The Morgan fingerprint density at radius 1 is 1.06 bits per heavy atom. The van der Waals surface area contributed by atoms with Crippen LogP contribution in [-0.2, 0) is 9.53 Å². The first-order valence-electron chi connectivity index (χ1n) is 11.7. The number of ether oxygens (including phenoxy) is 1. The van der Waals surface area contributed by atoms with Gasteiger partial charge in [0.05, 0.1) is 6.61 Å². The van der Waals surface area contributed by atoms with Gasteiger partial charge in [0, 0.05) is 43.1 Å². The Labute approximate surface area is 198 Å². The van der Waals surface area contributed by atoms with Crippen LogP contribution in [0, 0.1) is 5.82 Å². The van der Waals surface area contributed by atoms with Gasteiger partial charge in [-0.15, -0.1) is 0 Å². The van der Waals surface area contributed by atoms with Crippen LogP contribution < -0.4 is 5.32 Å². The number of rotatable bonds is 5. The molecule has 0 bridgehead atoms. The van der Waals surface area contributed by atoms with Gasteiger partial charge in [-0.25, -0.2) is 4.39 Å².